The van der Waals surface area contributed by atoms with Gasteiger partial charge in [-0.15, -0.1) is 0 Å². The summed E-state index contributed by atoms with van der Waals surface area (Å²) < 4.78 is 5.82. The molecule has 2 rings (SSSR count). The lowest BCUT2D eigenvalue weighted by Gasteiger charge is -2.13. The number of hydrogen-bond donors (Lipinski definition) is 1. The average Bonchev–Trinajstić information content (AvgIpc) is 2.40. The van der Waals surface area contributed by atoms with Crippen LogP contribution in [0.25, 0.3) is 0 Å². The van der Waals surface area contributed by atoms with Crippen molar-refractivity contribution in [2.45, 2.75) is 20.8 Å². The second-order valence-electron chi connectivity index (χ2n) is 4.44. The van der Waals surface area contributed by atoms with E-state index in [0.29, 0.717) is 21.7 Å². The number of benzene rings is 1. The van der Waals surface area contributed by atoms with Crippen LogP contribution in [0, 0.1) is 13.8 Å². The van der Waals surface area contributed by atoms with Crippen molar-refractivity contribution in [3.63, 3.8) is 0 Å². The number of aromatic nitrogens is 1. The van der Waals surface area contributed by atoms with E-state index in [-0.39, 0.29) is 0 Å². The van der Waals surface area contributed by atoms with E-state index in [1.165, 1.54) is 0 Å². The zero-order valence-electron chi connectivity index (χ0n) is 11.6. The van der Waals surface area contributed by atoms with Gasteiger partial charge >= 0.3 is 0 Å². The summed E-state index contributed by atoms with van der Waals surface area (Å²) in [6.07, 6.45) is 0. The van der Waals surface area contributed by atoms with Crippen LogP contribution in [-0.2, 0) is 0 Å². The van der Waals surface area contributed by atoms with Gasteiger partial charge in [-0.1, -0.05) is 35.3 Å². The number of pyridine rings is 1. The largest absolute Gasteiger partial charge is 0.437 e. The Morgan fingerprint density at radius 3 is 2.65 bits per heavy atom. The summed E-state index contributed by atoms with van der Waals surface area (Å²) in [6.45, 7) is 6.72. The fraction of sp³-hybridized carbons (Fsp3) is 0.267. The highest BCUT2D eigenvalue weighted by atomic mass is 35.5. The van der Waals surface area contributed by atoms with Crippen LogP contribution in [0.4, 0.5) is 5.82 Å². The van der Waals surface area contributed by atoms with Gasteiger partial charge in [-0.3, -0.25) is 0 Å². The Morgan fingerprint density at radius 2 is 1.95 bits per heavy atom. The van der Waals surface area contributed by atoms with Crippen LogP contribution in [0.1, 0.15) is 18.1 Å². The van der Waals surface area contributed by atoms with Crippen molar-refractivity contribution >= 4 is 29.0 Å². The third-order valence-electron chi connectivity index (χ3n) is 3.00. The topological polar surface area (TPSA) is 34.2 Å². The summed E-state index contributed by atoms with van der Waals surface area (Å²) in [5.41, 5.74) is 2.21. The lowest BCUT2D eigenvalue weighted by molar-refractivity contribution is 0.460. The molecule has 3 nitrogen and oxygen atoms in total. The van der Waals surface area contributed by atoms with Crippen LogP contribution in [0.2, 0.25) is 10.0 Å². The van der Waals surface area contributed by atoms with Gasteiger partial charge in [0.1, 0.15) is 16.6 Å². The zero-order chi connectivity index (χ0) is 14.7. The van der Waals surface area contributed by atoms with Crippen LogP contribution < -0.4 is 10.1 Å². The van der Waals surface area contributed by atoms with Crippen molar-refractivity contribution in [1.82, 2.24) is 4.98 Å². The van der Waals surface area contributed by atoms with Gasteiger partial charge in [-0.25, -0.2) is 0 Å². The number of ether oxygens (including phenoxy) is 1. The molecule has 0 bridgehead atoms. The lowest BCUT2D eigenvalue weighted by Crippen LogP contribution is -2.02. The molecule has 0 radical (unpaired) electrons. The molecule has 1 aromatic carbocycles. The number of nitrogens with zero attached hydrogens (tertiary/aromatic N) is 1. The smallest absolute Gasteiger partial charge is 0.240 e. The Balaban J connectivity index is 2.38. The molecule has 0 aliphatic carbocycles. The summed E-state index contributed by atoms with van der Waals surface area (Å²) in [5.74, 6) is 1.66. The maximum Gasteiger partial charge on any atom is 0.240 e. The number of nitrogens with one attached hydrogen (secondary N) is 1. The van der Waals surface area contributed by atoms with E-state index in [4.69, 9.17) is 27.9 Å². The Kier molecular flexibility index (Phi) is 4.73. The molecular formula is C15H16Cl2N2O. The molecule has 0 unspecified atom stereocenters. The molecular weight excluding hydrogens is 295 g/mol. The van der Waals surface area contributed by atoms with Gasteiger partial charge in [0.25, 0.3) is 0 Å². The van der Waals surface area contributed by atoms with Crippen molar-refractivity contribution in [1.29, 1.82) is 0 Å². The van der Waals surface area contributed by atoms with Gasteiger partial charge in [0, 0.05) is 6.54 Å². The first-order valence-corrected chi connectivity index (χ1v) is 7.12. The summed E-state index contributed by atoms with van der Waals surface area (Å²) in [6, 6.07) is 7.49. The second kappa shape index (κ2) is 6.33. The fourth-order valence-electron chi connectivity index (χ4n) is 1.75. The monoisotopic (exact) mass is 310 g/mol. The molecule has 0 aliphatic heterocycles. The highest BCUT2D eigenvalue weighted by Gasteiger charge is 2.12. The van der Waals surface area contributed by atoms with E-state index >= 15 is 0 Å². The molecule has 20 heavy (non-hydrogen) atoms. The molecule has 0 fully saturated rings. The van der Waals surface area contributed by atoms with Gasteiger partial charge in [0.15, 0.2) is 0 Å². The molecule has 5 heteroatoms. The molecule has 2 aromatic rings. The zero-order valence-corrected chi connectivity index (χ0v) is 13.1. The predicted molar refractivity (Wildman–Crippen MR) is 84.4 cm³/mol. The highest BCUT2D eigenvalue weighted by Crippen LogP contribution is 2.34. The van der Waals surface area contributed by atoms with Gasteiger partial charge in [-0.2, -0.15) is 4.98 Å². The van der Waals surface area contributed by atoms with Crippen LogP contribution in [0.3, 0.4) is 0 Å². The number of rotatable bonds is 4. The molecule has 1 heterocycles. The molecule has 0 saturated carbocycles. The highest BCUT2D eigenvalue weighted by molar-refractivity contribution is 6.36. The van der Waals surface area contributed by atoms with Crippen LogP contribution in [0.5, 0.6) is 11.6 Å². The molecule has 106 valence electrons. The van der Waals surface area contributed by atoms with Crippen LogP contribution in [-0.4, -0.2) is 11.5 Å². The van der Waals surface area contributed by atoms with E-state index < -0.39 is 0 Å². The van der Waals surface area contributed by atoms with Crippen LogP contribution >= 0.6 is 23.2 Å². The quantitative estimate of drug-likeness (QED) is 0.839. The van der Waals surface area contributed by atoms with Crippen molar-refractivity contribution < 1.29 is 4.74 Å². The second-order valence-corrected chi connectivity index (χ2v) is 5.25. The fourth-order valence-corrected chi connectivity index (χ4v) is 2.22. The van der Waals surface area contributed by atoms with E-state index in [0.717, 1.165) is 23.4 Å². The Labute approximate surface area is 128 Å². The first kappa shape index (κ1) is 14.9. The summed E-state index contributed by atoms with van der Waals surface area (Å²) in [4.78, 5) is 4.33. The first-order chi connectivity index (χ1) is 9.52. The minimum Gasteiger partial charge on any atom is -0.437 e. The third-order valence-corrected chi connectivity index (χ3v) is 3.56. The van der Waals surface area contributed by atoms with Gasteiger partial charge < -0.3 is 10.1 Å². The van der Waals surface area contributed by atoms with Crippen molar-refractivity contribution in [2.24, 2.45) is 0 Å². The average molecular weight is 311 g/mol. The number of anilines is 1. The van der Waals surface area contributed by atoms with Crippen LogP contribution in [0.15, 0.2) is 24.3 Å². The summed E-state index contributed by atoms with van der Waals surface area (Å²) in [5, 5.41) is 3.94. The van der Waals surface area contributed by atoms with E-state index in [1.807, 2.05) is 39.0 Å². The van der Waals surface area contributed by atoms with Gasteiger partial charge in [-0.05, 0) is 44.0 Å². The molecule has 1 N–H and O–H groups in total. The van der Waals surface area contributed by atoms with Gasteiger partial charge in [0.05, 0.1) is 5.02 Å². The normalized spacial score (nSPS) is 10.4. The Hall–Kier alpha value is -1.45. The Bertz CT molecular complexity index is 630. The molecule has 0 saturated heterocycles. The van der Waals surface area contributed by atoms with E-state index in [1.54, 1.807) is 6.07 Å². The predicted octanol–water partition coefficient (Wildman–Crippen LogP) is 5.23. The van der Waals surface area contributed by atoms with Crippen molar-refractivity contribution in [2.75, 3.05) is 11.9 Å². The van der Waals surface area contributed by atoms with Gasteiger partial charge in [0.2, 0.25) is 5.88 Å². The minimum atomic E-state index is 0.348. The molecule has 0 spiro atoms. The lowest BCUT2D eigenvalue weighted by atomic mass is 10.1. The number of hydrogen-bond acceptors (Lipinski definition) is 3. The molecule has 1 aromatic heterocycles. The maximum absolute atomic E-state index is 6.14. The molecule has 0 atom stereocenters. The first-order valence-electron chi connectivity index (χ1n) is 6.37. The molecule has 0 amide bonds. The number of halogens is 2. The summed E-state index contributed by atoms with van der Waals surface area (Å²) >= 11 is 12.2. The maximum atomic E-state index is 6.14. The summed E-state index contributed by atoms with van der Waals surface area (Å²) in [7, 11) is 0. The SMILES string of the molecule is CCNc1nc(Oc2cccc(C)c2C)c(Cl)cc1Cl. The number of aryl methyl sites for hydroxylation is 1. The van der Waals surface area contributed by atoms with Crippen molar-refractivity contribution in [3.8, 4) is 11.6 Å². The standard InChI is InChI=1S/C15H16Cl2N2O/c1-4-18-14-11(16)8-12(17)15(19-14)20-13-7-5-6-9(2)10(13)3/h5-8H,4H2,1-3H3,(H,18,19). The minimum absolute atomic E-state index is 0.348. The Morgan fingerprint density at radius 1 is 1.20 bits per heavy atom. The van der Waals surface area contributed by atoms with E-state index in [2.05, 4.69) is 10.3 Å². The molecule has 0 aliphatic rings. The third kappa shape index (κ3) is 3.17. The van der Waals surface area contributed by atoms with Crippen molar-refractivity contribution in [3.05, 3.63) is 45.4 Å². The van der Waals surface area contributed by atoms with E-state index in [9.17, 15) is 0 Å².